The molecule has 2 N–H and O–H groups in total. The highest BCUT2D eigenvalue weighted by molar-refractivity contribution is 6.30. The molecule has 5 rings (SSSR count). The normalized spacial score (nSPS) is 13.8. The number of aliphatic hydroxyl groups excluding tert-OH is 1. The molecule has 0 radical (unpaired) electrons. The second kappa shape index (κ2) is 9.83. The molecule has 1 aliphatic rings. The van der Waals surface area contributed by atoms with Gasteiger partial charge in [-0.05, 0) is 66.1 Å². The number of hydrogen-bond acceptors (Lipinski definition) is 5. The largest absolute Gasteiger partial charge is 0.457 e. The van der Waals surface area contributed by atoms with E-state index in [1.807, 2.05) is 36.4 Å². The molecule has 0 aliphatic carbocycles. The highest BCUT2D eigenvalue weighted by atomic mass is 35.5. The fourth-order valence-electron chi connectivity index (χ4n) is 3.98. The van der Waals surface area contributed by atoms with E-state index in [-0.39, 0.29) is 6.61 Å². The van der Waals surface area contributed by atoms with Crippen LogP contribution in [0, 0.1) is 5.92 Å². The highest BCUT2D eigenvalue weighted by Gasteiger charge is 2.19. The molecule has 6 nitrogen and oxygen atoms in total. The Morgan fingerprint density at radius 2 is 1.70 bits per heavy atom. The van der Waals surface area contributed by atoms with E-state index in [0.29, 0.717) is 24.0 Å². The number of benzene rings is 3. The number of imidazole rings is 1. The zero-order valence-electron chi connectivity index (χ0n) is 18.2. The number of nitrogens with zero attached hydrogens (tertiary/aromatic N) is 2. The topological polar surface area (TPSA) is 68.5 Å². The molecular weight excluding hydrogens is 438 g/mol. The van der Waals surface area contributed by atoms with Crippen molar-refractivity contribution in [1.29, 1.82) is 0 Å². The Balaban J connectivity index is 1.38. The minimum absolute atomic E-state index is 0.0485. The van der Waals surface area contributed by atoms with Crippen LogP contribution in [0.5, 0.6) is 11.5 Å². The summed E-state index contributed by atoms with van der Waals surface area (Å²) in [7, 11) is 0. The molecule has 1 fully saturated rings. The second-order valence-corrected chi connectivity index (χ2v) is 8.74. The molecule has 170 valence electrons. The van der Waals surface area contributed by atoms with Crippen molar-refractivity contribution in [3.8, 4) is 11.5 Å². The van der Waals surface area contributed by atoms with Crippen LogP contribution in [0.4, 0.5) is 5.95 Å². The lowest BCUT2D eigenvalue weighted by Gasteiger charge is -2.25. The standard InChI is InChI=1S/C26H26ClN3O3/c27-21-4-8-23(9-5-21)33-22-6-1-18(2-7-22)15-30-25-14-19(13-20-16-32-17-20)3-10-24(25)29-26(30)28-11-12-31/h1-10,14,20,31H,11-13,15-17H2,(H,28,29). The van der Waals surface area contributed by atoms with Gasteiger partial charge in [0.1, 0.15) is 11.5 Å². The molecule has 0 spiro atoms. The van der Waals surface area contributed by atoms with Gasteiger partial charge < -0.3 is 24.5 Å². The van der Waals surface area contributed by atoms with Crippen LogP contribution >= 0.6 is 11.6 Å². The van der Waals surface area contributed by atoms with Crippen LogP contribution in [0.15, 0.2) is 66.7 Å². The molecule has 0 atom stereocenters. The first kappa shape index (κ1) is 21.8. The van der Waals surface area contributed by atoms with Gasteiger partial charge in [-0.2, -0.15) is 0 Å². The number of anilines is 1. The van der Waals surface area contributed by atoms with Gasteiger partial charge in [0.2, 0.25) is 5.95 Å². The maximum Gasteiger partial charge on any atom is 0.204 e. The van der Waals surface area contributed by atoms with E-state index in [2.05, 4.69) is 40.2 Å². The summed E-state index contributed by atoms with van der Waals surface area (Å²) < 4.78 is 13.4. The molecule has 0 bridgehead atoms. The van der Waals surface area contributed by atoms with Gasteiger partial charge in [-0.15, -0.1) is 0 Å². The molecular formula is C26H26ClN3O3. The summed E-state index contributed by atoms with van der Waals surface area (Å²) in [6.07, 6.45) is 1.01. The van der Waals surface area contributed by atoms with Gasteiger partial charge in [0.15, 0.2) is 0 Å². The quantitative estimate of drug-likeness (QED) is 0.360. The third-order valence-electron chi connectivity index (χ3n) is 5.75. The summed E-state index contributed by atoms with van der Waals surface area (Å²) in [6.45, 7) is 2.83. The fraction of sp³-hybridized carbons (Fsp3) is 0.269. The van der Waals surface area contributed by atoms with Gasteiger partial charge in [0.05, 0.1) is 37.4 Å². The first-order valence-electron chi connectivity index (χ1n) is 11.1. The Kier molecular flexibility index (Phi) is 6.48. The Bertz CT molecular complexity index is 1220. The summed E-state index contributed by atoms with van der Waals surface area (Å²) in [5, 5.41) is 13.2. The van der Waals surface area contributed by atoms with Crippen molar-refractivity contribution in [2.45, 2.75) is 13.0 Å². The average molecular weight is 464 g/mol. The first-order valence-corrected chi connectivity index (χ1v) is 11.5. The minimum atomic E-state index is 0.0485. The summed E-state index contributed by atoms with van der Waals surface area (Å²) in [4.78, 5) is 4.76. The summed E-state index contributed by atoms with van der Waals surface area (Å²) in [5.41, 5.74) is 4.43. The van der Waals surface area contributed by atoms with Crippen molar-refractivity contribution < 1.29 is 14.6 Å². The van der Waals surface area contributed by atoms with Gasteiger partial charge in [-0.3, -0.25) is 0 Å². The van der Waals surface area contributed by atoms with Crippen LogP contribution in [0.2, 0.25) is 5.02 Å². The number of ether oxygens (including phenoxy) is 2. The number of fused-ring (bicyclic) bond motifs is 1. The van der Waals surface area contributed by atoms with Gasteiger partial charge in [0.25, 0.3) is 0 Å². The van der Waals surface area contributed by atoms with Gasteiger partial charge in [-0.1, -0.05) is 29.8 Å². The molecule has 0 unspecified atom stereocenters. The lowest BCUT2D eigenvalue weighted by Crippen LogP contribution is -2.29. The zero-order valence-corrected chi connectivity index (χ0v) is 19.0. The van der Waals surface area contributed by atoms with Crippen LogP contribution in [0.25, 0.3) is 11.0 Å². The smallest absolute Gasteiger partial charge is 0.204 e. The van der Waals surface area contributed by atoms with E-state index < -0.39 is 0 Å². The second-order valence-electron chi connectivity index (χ2n) is 8.30. The monoisotopic (exact) mass is 463 g/mol. The number of aliphatic hydroxyl groups is 1. The Hall–Kier alpha value is -3.06. The van der Waals surface area contributed by atoms with Crippen molar-refractivity contribution in [3.63, 3.8) is 0 Å². The van der Waals surface area contributed by atoms with E-state index in [1.54, 1.807) is 0 Å². The SMILES string of the molecule is OCCNc1nc2ccc(CC3COC3)cc2n1Cc1ccc(Oc2ccc(Cl)cc2)cc1. The molecule has 3 aromatic carbocycles. The molecule has 2 heterocycles. The first-order chi connectivity index (χ1) is 16.2. The molecule has 0 saturated carbocycles. The highest BCUT2D eigenvalue weighted by Crippen LogP contribution is 2.27. The maximum absolute atomic E-state index is 9.29. The Morgan fingerprint density at radius 1 is 1.00 bits per heavy atom. The summed E-state index contributed by atoms with van der Waals surface area (Å²) >= 11 is 5.95. The predicted molar refractivity (Wildman–Crippen MR) is 130 cm³/mol. The molecule has 33 heavy (non-hydrogen) atoms. The Labute approximate surface area is 197 Å². The third kappa shape index (κ3) is 5.14. The van der Waals surface area contributed by atoms with E-state index in [1.165, 1.54) is 5.56 Å². The van der Waals surface area contributed by atoms with Crippen molar-refractivity contribution in [1.82, 2.24) is 9.55 Å². The van der Waals surface area contributed by atoms with Crippen LogP contribution < -0.4 is 10.1 Å². The van der Waals surface area contributed by atoms with Crippen molar-refractivity contribution in [2.75, 3.05) is 31.7 Å². The van der Waals surface area contributed by atoms with Gasteiger partial charge in [-0.25, -0.2) is 4.98 Å². The molecule has 4 aromatic rings. The minimum Gasteiger partial charge on any atom is -0.457 e. The number of halogens is 1. The van der Waals surface area contributed by atoms with Crippen molar-refractivity contribution in [3.05, 3.63) is 82.9 Å². The molecule has 1 aromatic heterocycles. The van der Waals surface area contributed by atoms with E-state index in [0.717, 1.165) is 53.7 Å². The number of aromatic nitrogens is 2. The van der Waals surface area contributed by atoms with Crippen LogP contribution in [-0.4, -0.2) is 41.0 Å². The van der Waals surface area contributed by atoms with Gasteiger partial charge in [0, 0.05) is 17.5 Å². The molecule has 1 aliphatic heterocycles. The third-order valence-corrected chi connectivity index (χ3v) is 6.00. The molecule has 0 amide bonds. The Morgan fingerprint density at radius 3 is 2.36 bits per heavy atom. The molecule has 7 heteroatoms. The lowest BCUT2D eigenvalue weighted by molar-refractivity contribution is -0.0312. The molecule has 1 saturated heterocycles. The average Bonchev–Trinajstić information content (AvgIpc) is 3.14. The predicted octanol–water partition coefficient (Wildman–Crippen LogP) is 5.12. The zero-order chi connectivity index (χ0) is 22.6. The number of rotatable bonds is 9. The lowest BCUT2D eigenvalue weighted by atomic mass is 9.98. The van der Waals surface area contributed by atoms with E-state index in [9.17, 15) is 5.11 Å². The van der Waals surface area contributed by atoms with Crippen LogP contribution in [0.1, 0.15) is 11.1 Å². The van der Waals surface area contributed by atoms with E-state index >= 15 is 0 Å². The van der Waals surface area contributed by atoms with Crippen LogP contribution in [-0.2, 0) is 17.7 Å². The summed E-state index contributed by atoms with van der Waals surface area (Å²) in [6, 6.07) is 21.8. The van der Waals surface area contributed by atoms with E-state index in [4.69, 9.17) is 26.1 Å². The van der Waals surface area contributed by atoms with Crippen molar-refractivity contribution >= 4 is 28.6 Å². The number of nitrogens with one attached hydrogen (secondary N) is 1. The van der Waals surface area contributed by atoms with Crippen LogP contribution in [0.3, 0.4) is 0 Å². The number of hydrogen-bond donors (Lipinski definition) is 2. The fourth-order valence-corrected chi connectivity index (χ4v) is 4.10. The maximum atomic E-state index is 9.29. The van der Waals surface area contributed by atoms with Crippen molar-refractivity contribution in [2.24, 2.45) is 5.92 Å². The van der Waals surface area contributed by atoms with Gasteiger partial charge >= 0.3 is 0 Å². The summed E-state index contributed by atoms with van der Waals surface area (Å²) in [5.74, 6) is 2.86.